The molecule has 5 nitrogen and oxygen atoms in total. The zero-order valence-corrected chi connectivity index (χ0v) is 16.6. The second-order valence-corrected chi connectivity index (χ2v) is 7.58. The topological polar surface area (TPSA) is 46.8 Å². The van der Waals surface area contributed by atoms with Crippen LogP contribution in [0.15, 0.2) is 53.5 Å². The van der Waals surface area contributed by atoms with Crippen molar-refractivity contribution in [3.63, 3.8) is 0 Å². The van der Waals surface area contributed by atoms with Gasteiger partial charge in [-0.05, 0) is 55.6 Å². The van der Waals surface area contributed by atoms with Crippen LogP contribution in [0.4, 0.5) is 0 Å². The molecule has 0 saturated carbocycles. The molecule has 2 aromatic heterocycles. The lowest BCUT2D eigenvalue weighted by Crippen LogP contribution is -2.29. The van der Waals surface area contributed by atoms with Gasteiger partial charge in [0.2, 0.25) is 0 Å². The molecule has 3 aromatic rings. The molecule has 28 heavy (non-hydrogen) atoms. The van der Waals surface area contributed by atoms with Gasteiger partial charge in [0.05, 0.1) is 12.8 Å². The molecule has 1 unspecified atom stereocenters. The van der Waals surface area contributed by atoms with Crippen LogP contribution in [0.5, 0.6) is 5.75 Å². The van der Waals surface area contributed by atoms with Gasteiger partial charge in [0.1, 0.15) is 11.4 Å². The summed E-state index contributed by atoms with van der Waals surface area (Å²) in [6.45, 7) is 3.71. The third kappa shape index (κ3) is 3.80. The number of ether oxygens (including phenoxy) is 1. The minimum Gasteiger partial charge on any atom is -0.497 e. The number of nitrogens with zero attached hydrogens (tertiary/aromatic N) is 3. The maximum atomic E-state index is 12.6. The molecule has 1 fully saturated rings. The molecule has 4 rings (SSSR count). The van der Waals surface area contributed by atoms with E-state index in [1.807, 2.05) is 31.2 Å². The Kier molecular flexibility index (Phi) is 5.44. The lowest BCUT2D eigenvalue weighted by molar-refractivity contribution is 0.190. The van der Waals surface area contributed by atoms with Crippen LogP contribution < -0.4 is 10.3 Å². The number of rotatable bonds is 4. The molecule has 3 heterocycles. The highest BCUT2D eigenvalue weighted by Gasteiger charge is 2.23. The highest BCUT2D eigenvalue weighted by Crippen LogP contribution is 2.32. The first kappa shape index (κ1) is 18.7. The summed E-state index contributed by atoms with van der Waals surface area (Å²) in [6.07, 6.45) is 6.56. The van der Waals surface area contributed by atoms with Gasteiger partial charge in [-0.15, -0.1) is 0 Å². The normalized spacial score (nSPS) is 18.1. The molecule has 1 aliphatic rings. The smallest absolute Gasteiger partial charge is 0.258 e. The van der Waals surface area contributed by atoms with Gasteiger partial charge in [0.15, 0.2) is 0 Å². The first-order chi connectivity index (χ1) is 13.7. The van der Waals surface area contributed by atoms with Gasteiger partial charge in [0, 0.05) is 24.8 Å². The fraction of sp³-hybridized carbons (Fsp3) is 0.391. The molecule has 146 valence electrons. The van der Waals surface area contributed by atoms with Crippen molar-refractivity contribution in [3.8, 4) is 5.75 Å². The zero-order valence-electron chi connectivity index (χ0n) is 16.6. The van der Waals surface area contributed by atoms with Crippen LogP contribution in [0.1, 0.15) is 48.5 Å². The summed E-state index contributed by atoms with van der Waals surface area (Å²) < 4.78 is 6.94. The van der Waals surface area contributed by atoms with Crippen molar-refractivity contribution in [2.75, 3.05) is 13.7 Å². The Bertz CT molecular complexity index is 1010. The number of fused-ring (bicyclic) bond motifs is 1. The number of aryl methyl sites for hydroxylation is 1. The van der Waals surface area contributed by atoms with Crippen molar-refractivity contribution in [2.45, 2.75) is 45.2 Å². The molecule has 0 N–H and O–H groups in total. The Morgan fingerprint density at radius 2 is 1.96 bits per heavy atom. The zero-order chi connectivity index (χ0) is 19.5. The minimum atomic E-state index is -0.0143. The van der Waals surface area contributed by atoms with E-state index in [1.165, 1.54) is 24.8 Å². The van der Waals surface area contributed by atoms with Gasteiger partial charge in [-0.3, -0.25) is 14.1 Å². The lowest BCUT2D eigenvalue weighted by atomic mass is 10.0. The summed E-state index contributed by atoms with van der Waals surface area (Å²) in [7, 11) is 1.69. The van der Waals surface area contributed by atoms with Crippen LogP contribution in [0, 0.1) is 6.92 Å². The standard InChI is InChI=1S/C23H27N3O2/c1-17-7-6-14-26-22(27)15-19(24-23(17)26)16-25-13-5-3-4-8-21(25)18-9-11-20(28-2)12-10-18/h6-7,9-12,14-15,21H,3-5,8,13,16H2,1-2H3. The summed E-state index contributed by atoms with van der Waals surface area (Å²) in [4.78, 5) is 19.9. The van der Waals surface area contributed by atoms with Crippen LogP contribution in [0.3, 0.4) is 0 Å². The van der Waals surface area contributed by atoms with E-state index in [0.717, 1.165) is 35.6 Å². The Hall–Kier alpha value is -2.66. The van der Waals surface area contributed by atoms with Gasteiger partial charge in [-0.2, -0.15) is 0 Å². The average molecular weight is 377 g/mol. The van der Waals surface area contributed by atoms with E-state index in [0.29, 0.717) is 12.6 Å². The Morgan fingerprint density at radius 1 is 1.14 bits per heavy atom. The molecular formula is C23H27N3O2. The minimum absolute atomic E-state index is 0.0143. The van der Waals surface area contributed by atoms with E-state index in [1.54, 1.807) is 23.8 Å². The van der Waals surface area contributed by atoms with Gasteiger partial charge in [0.25, 0.3) is 5.56 Å². The van der Waals surface area contributed by atoms with Crippen molar-refractivity contribution in [3.05, 3.63) is 75.8 Å². The molecule has 0 amide bonds. The molecule has 0 spiro atoms. The number of likely N-dealkylation sites (tertiary alicyclic amines) is 1. The molecule has 0 bridgehead atoms. The highest BCUT2D eigenvalue weighted by atomic mass is 16.5. The highest BCUT2D eigenvalue weighted by molar-refractivity contribution is 5.46. The predicted octanol–water partition coefficient (Wildman–Crippen LogP) is 4.13. The van der Waals surface area contributed by atoms with E-state index in [2.05, 4.69) is 17.0 Å². The molecule has 1 aliphatic heterocycles. The largest absolute Gasteiger partial charge is 0.497 e. The molecule has 0 aliphatic carbocycles. The quantitative estimate of drug-likeness (QED) is 0.686. The SMILES string of the molecule is COc1ccc(C2CCCCCN2Cc2cc(=O)n3cccc(C)c3n2)cc1. The number of hydrogen-bond donors (Lipinski definition) is 0. The predicted molar refractivity (Wildman–Crippen MR) is 111 cm³/mol. The van der Waals surface area contributed by atoms with Crippen molar-refractivity contribution in [2.24, 2.45) is 0 Å². The van der Waals surface area contributed by atoms with Crippen LogP contribution in [0.25, 0.3) is 5.65 Å². The van der Waals surface area contributed by atoms with Crippen LogP contribution in [-0.4, -0.2) is 27.9 Å². The number of pyridine rings is 1. The van der Waals surface area contributed by atoms with E-state index < -0.39 is 0 Å². The molecule has 1 saturated heterocycles. The van der Waals surface area contributed by atoms with E-state index in [-0.39, 0.29) is 5.56 Å². The Balaban J connectivity index is 1.66. The fourth-order valence-electron chi connectivity index (χ4n) is 4.16. The van der Waals surface area contributed by atoms with Gasteiger partial charge < -0.3 is 4.74 Å². The van der Waals surface area contributed by atoms with Gasteiger partial charge in [-0.25, -0.2) is 4.98 Å². The summed E-state index contributed by atoms with van der Waals surface area (Å²) >= 11 is 0. The summed E-state index contributed by atoms with van der Waals surface area (Å²) in [5.74, 6) is 0.878. The van der Waals surface area contributed by atoms with Crippen molar-refractivity contribution in [1.82, 2.24) is 14.3 Å². The average Bonchev–Trinajstić information content (AvgIpc) is 2.94. The summed E-state index contributed by atoms with van der Waals surface area (Å²) in [6, 6.07) is 14.3. The first-order valence-electron chi connectivity index (χ1n) is 10.0. The molecular weight excluding hydrogens is 350 g/mol. The van der Waals surface area contributed by atoms with Crippen LogP contribution in [-0.2, 0) is 6.54 Å². The second-order valence-electron chi connectivity index (χ2n) is 7.58. The lowest BCUT2D eigenvalue weighted by Gasteiger charge is -2.30. The molecule has 1 atom stereocenters. The fourth-order valence-corrected chi connectivity index (χ4v) is 4.16. The number of aromatic nitrogens is 2. The summed E-state index contributed by atoms with van der Waals surface area (Å²) in [5.41, 5.74) is 3.90. The van der Waals surface area contributed by atoms with Crippen molar-refractivity contribution in [1.29, 1.82) is 0 Å². The van der Waals surface area contributed by atoms with Crippen molar-refractivity contribution < 1.29 is 4.74 Å². The third-order valence-corrected chi connectivity index (χ3v) is 5.67. The van der Waals surface area contributed by atoms with Crippen LogP contribution >= 0.6 is 0 Å². The molecule has 1 aromatic carbocycles. The maximum absolute atomic E-state index is 12.6. The second kappa shape index (κ2) is 8.15. The first-order valence-corrected chi connectivity index (χ1v) is 10.0. The third-order valence-electron chi connectivity index (χ3n) is 5.67. The number of hydrogen-bond acceptors (Lipinski definition) is 4. The summed E-state index contributed by atoms with van der Waals surface area (Å²) in [5, 5.41) is 0. The van der Waals surface area contributed by atoms with E-state index in [4.69, 9.17) is 9.72 Å². The monoisotopic (exact) mass is 377 g/mol. The number of methoxy groups -OCH3 is 1. The van der Waals surface area contributed by atoms with Gasteiger partial charge >= 0.3 is 0 Å². The van der Waals surface area contributed by atoms with Gasteiger partial charge in [-0.1, -0.05) is 31.0 Å². The Morgan fingerprint density at radius 3 is 2.75 bits per heavy atom. The van der Waals surface area contributed by atoms with E-state index >= 15 is 0 Å². The van der Waals surface area contributed by atoms with Crippen LogP contribution in [0.2, 0.25) is 0 Å². The molecule has 0 radical (unpaired) electrons. The van der Waals surface area contributed by atoms with Crippen molar-refractivity contribution >= 4 is 5.65 Å². The number of benzene rings is 1. The maximum Gasteiger partial charge on any atom is 0.258 e. The molecule has 5 heteroatoms. The Labute approximate surface area is 165 Å². The van der Waals surface area contributed by atoms with E-state index in [9.17, 15) is 4.79 Å².